The van der Waals surface area contributed by atoms with Crippen molar-refractivity contribution in [2.75, 3.05) is 17.6 Å². The summed E-state index contributed by atoms with van der Waals surface area (Å²) in [5, 5.41) is 3.31. The summed E-state index contributed by atoms with van der Waals surface area (Å²) in [6, 6.07) is 14.0. The number of amides is 1. The van der Waals surface area contributed by atoms with Gasteiger partial charge in [-0.2, -0.15) is 0 Å². The molecule has 6 nitrogen and oxygen atoms in total. The second-order valence-corrected chi connectivity index (χ2v) is 8.55. The highest BCUT2D eigenvalue weighted by molar-refractivity contribution is 7.99. The molecule has 3 aromatic rings. The Balaban J connectivity index is 1.37. The summed E-state index contributed by atoms with van der Waals surface area (Å²) >= 11 is 1.22. The van der Waals surface area contributed by atoms with Crippen LogP contribution in [-0.4, -0.2) is 33.1 Å². The lowest BCUT2D eigenvalue weighted by Gasteiger charge is -2.27. The van der Waals surface area contributed by atoms with Crippen molar-refractivity contribution in [3.05, 3.63) is 87.1 Å². The van der Waals surface area contributed by atoms with E-state index >= 15 is 0 Å². The maximum absolute atomic E-state index is 13.1. The number of hydrogen-bond acceptors (Lipinski definition) is 5. The molecular weight excluding hydrogens is 415 g/mol. The topological polar surface area (TPSA) is 78.1 Å². The van der Waals surface area contributed by atoms with Gasteiger partial charge in [0.2, 0.25) is 5.91 Å². The number of fused-ring (bicyclic) bond motifs is 1. The van der Waals surface area contributed by atoms with E-state index in [1.807, 2.05) is 31.2 Å². The number of nitrogens with one attached hydrogen (secondary N) is 2. The van der Waals surface area contributed by atoms with Crippen LogP contribution in [0.3, 0.4) is 0 Å². The molecule has 1 aliphatic rings. The summed E-state index contributed by atoms with van der Waals surface area (Å²) in [4.78, 5) is 34.4. The van der Waals surface area contributed by atoms with Gasteiger partial charge in [-0.3, -0.25) is 14.5 Å². The summed E-state index contributed by atoms with van der Waals surface area (Å²) in [6.45, 7) is 3.87. The molecular formula is C23H23FN4O2S. The Morgan fingerprint density at radius 2 is 2.06 bits per heavy atom. The maximum Gasteiger partial charge on any atom is 0.256 e. The Kier molecular flexibility index (Phi) is 6.48. The minimum atomic E-state index is -0.258. The first-order valence-corrected chi connectivity index (χ1v) is 11.0. The zero-order chi connectivity index (χ0) is 21.8. The third-order valence-electron chi connectivity index (χ3n) is 5.09. The van der Waals surface area contributed by atoms with Crippen LogP contribution in [0, 0.1) is 12.7 Å². The van der Waals surface area contributed by atoms with Crippen LogP contribution in [0.1, 0.15) is 22.4 Å². The maximum atomic E-state index is 13.1. The predicted molar refractivity (Wildman–Crippen MR) is 120 cm³/mol. The second kappa shape index (κ2) is 9.45. The van der Waals surface area contributed by atoms with Gasteiger partial charge in [0.25, 0.3) is 5.56 Å². The zero-order valence-electron chi connectivity index (χ0n) is 17.2. The molecule has 31 heavy (non-hydrogen) atoms. The van der Waals surface area contributed by atoms with Gasteiger partial charge in [0, 0.05) is 31.7 Å². The number of benzene rings is 2. The number of aromatic nitrogens is 2. The molecule has 0 saturated heterocycles. The second-order valence-electron chi connectivity index (χ2n) is 7.59. The van der Waals surface area contributed by atoms with Crippen molar-refractivity contribution in [2.24, 2.45) is 0 Å². The van der Waals surface area contributed by atoms with Crippen molar-refractivity contribution in [3.63, 3.8) is 0 Å². The first-order chi connectivity index (χ1) is 15.0. The average molecular weight is 439 g/mol. The number of anilines is 1. The highest BCUT2D eigenvalue weighted by Crippen LogP contribution is 2.20. The number of carbonyl (C=O) groups is 1. The van der Waals surface area contributed by atoms with Crippen LogP contribution in [0.5, 0.6) is 0 Å². The van der Waals surface area contributed by atoms with Gasteiger partial charge in [-0.15, -0.1) is 0 Å². The van der Waals surface area contributed by atoms with Gasteiger partial charge in [-0.25, -0.2) is 9.37 Å². The van der Waals surface area contributed by atoms with E-state index in [0.717, 1.165) is 29.1 Å². The molecule has 2 N–H and O–H groups in total. The van der Waals surface area contributed by atoms with Crippen LogP contribution >= 0.6 is 11.8 Å². The Bertz CT molecular complexity index is 1150. The molecule has 0 fully saturated rings. The zero-order valence-corrected chi connectivity index (χ0v) is 18.0. The third kappa shape index (κ3) is 5.59. The van der Waals surface area contributed by atoms with Crippen LogP contribution in [-0.2, 0) is 24.3 Å². The van der Waals surface area contributed by atoms with E-state index in [1.165, 1.54) is 23.9 Å². The minimum absolute atomic E-state index is 0.151. The lowest BCUT2D eigenvalue weighted by molar-refractivity contribution is -0.113. The van der Waals surface area contributed by atoms with Crippen LogP contribution in [0.25, 0.3) is 0 Å². The summed E-state index contributed by atoms with van der Waals surface area (Å²) < 4.78 is 13.1. The number of hydrogen-bond donors (Lipinski definition) is 2. The first kappa shape index (κ1) is 21.3. The van der Waals surface area contributed by atoms with Gasteiger partial charge in [-0.1, -0.05) is 36.0 Å². The molecule has 1 aromatic heterocycles. The normalized spacial score (nSPS) is 13.6. The molecule has 4 rings (SSSR count). The van der Waals surface area contributed by atoms with Crippen molar-refractivity contribution >= 4 is 23.4 Å². The molecule has 0 saturated carbocycles. The van der Waals surface area contributed by atoms with Crippen LogP contribution in [0.2, 0.25) is 0 Å². The molecule has 0 bridgehead atoms. The van der Waals surface area contributed by atoms with Crippen LogP contribution in [0.4, 0.5) is 10.1 Å². The Hall–Kier alpha value is -2.97. The molecule has 0 spiro atoms. The molecule has 8 heteroatoms. The number of aryl methyl sites for hydroxylation is 1. The van der Waals surface area contributed by atoms with E-state index in [-0.39, 0.29) is 23.0 Å². The van der Waals surface area contributed by atoms with Crippen molar-refractivity contribution in [2.45, 2.75) is 31.6 Å². The number of halogens is 1. The van der Waals surface area contributed by atoms with E-state index in [1.54, 1.807) is 12.1 Å². The third-order valence-corrected chi connectivity index (χ3v) is 5.96. The van der Waals surface area contributed by atoms with Crippen molar-refractivity contribution in [3.8, 4) is 0 Å². The van der Waals surface area contributed by atoms with E-state index in [4.69, 9.17) is 0 Å². The van der Waals surface area contributed by atoms with Gasteiger partial charge in [0.15, 0.2) is 5.16 Å². The number of thioether (sulfide) groups is 1. The molecule has 160 valence electrons. The smallest absolute Gasteiger partial charge is 0.256 e. The number of H-pyrrole nitrogens is 1. The summed E-state index contributed by atoms with van der Waals surface area (Å²) in [5.41, 5.74) is 4.08. The molecule has 2 aromatic carbocycles. The van der Waals surface area contributed by atoms with Gasteiger partial charge < -0.3 is 10.3 Å². The van der Waals surface area contributed by atoms with Gasteiger partial charge in [-0.05, 0) is 42.3 Å². The standard InChI is InChI=1S/C23H23FN4O2S/c1-15-3-2-4-18(11-15)25-21(29)14-31-23-26-20-9-10-28(13-19(20)22(30)27-23)12-16-5-7-17(24)8-6-16/h2-8,11H,9-10,12-14H2,1H3,(H,25,29)(H,26,27,30). The highest BCUT2D eigenvalue weighted by atomic mass is 32.2. The number of nitrogens with zero attached hydrogens (tertiary/aromatic N) is 2. The fraction of sp³-hybridized carbons (Fsp3) is 0.261. The predicted octanol–water partition coefficient (Wildman–Crippen LogP) is 3.51. The van der Waals surface area contributed by atoms with E-state index in [9.17, 15) is 14.0 Å². The lowest BCUT2D eigenvalue weighted by atomic mass is 10.1. The van der Waals surface area contributed by atoms with Crippen LogP contribution in [0.15, 0.2) is 58.5 Å². The Morgan fingerprint density at radius 1 is 1.26 bits per heavy atom. The van der Waals surface area contributed by atoms with Gasteiger partial charge in [0.1, 0.15) is 5.82 Å². The number of aromatic amines is 1. The Labute approximate surface area is 183 Å². The fourth-order valence-electron chi connectivity index (χ4n) is 3.56. The van der Waals surface area contributed by atoms with Gasteiger partial charge >= 0.3 is 0 Å². The van der Waals surface area contributed by atoms with E-state index < -0.39 is 0 Å². The van der Waals surface area contributed by atoms with E-state index in [2.05, 4.69) is 20.2 Å². The van der Waals surface area contributed by atoms with Crippen molar-refractivity contribution in [1.29, 1.82) is 0 Å². The summed E-state index contributed by atoms with van der Waals surface area (Å²) in [7, 11) is 0. The largest absolute Gasteiger partial charge is 0.325 e. The average Bonchev–Trinajstić information content (AvgIpc) is 2.74. The Morgan fingerprint density at radius 3 is 2.84 bits per heavy atom. The number of carbonyl (C=O) groups excluding carboxylic acids is 1. The van der Waals surface area contributed by atoms with Crippen molar-refractivity contribution < 1.29 is 9.18 Å². The molecule has 0 radical (unpaired) electrons. The molecule has 1 aliphatic heterocycles. The minimum Gasteiger partial charge on any atom is -0.325 e. The summed E-state index contributed by atoms with van der Waals surface area (Å²) in [5.74, 6) is -0.251. The van der Waals surface area contributed by atoms with Crippen LogP contribution < -0.4 is 10.9 Å². The van der Waals surface area contributed by atoms with Crippen molar-refractivity contribution in [1.82, 2.24) is 14.9 Å². The summed E-state index contributed by atoms with van der Waals surface area (Å²) in [6.07, 6.45) is 0.656. The first-order valence-electron chi connectivity index (χ1n) is 10.0. The molecule has 2 heterocycles. The quantitative estimate of drug-likeness (QED) is 0.455. The highest BCUT2D eigenvalue weighted by Gasteiger charge is 2.21. The molecule has 0 atom stereocenters. The van der Waals surface area contributed by atoms with Gasteiger partial charge in [0.05, 0.1) is 17.0 Å². The lowest BCUT2D eigenvalue weighted by Crippen LogP contribution is -2.35. The fourth-order valence-corrected chi connectivity index (χ4v) is 4.24. The SMILES string of the molecule is Cc1cccc(NC(=O)CSc2nc3c(c(=O)[nH]2)CN(Cc2ccc(F)cc2)CC3)c1. The monoisotopic (exact) mass is 438 g/mol. The molecule has 0 unspecified atom stereocenters. The molecule has 1 amide bonds. The number of rotatable bonds is 6. The van der Waals surface area contributed by atoms with E-state index in [0.29, 0.717) is 30.2 Å². The molecule has 0 aliphatic carbocycles.